The number of benzene rings is 1. The monoisotopic (exact) mass is 309 g/mol. The first-order valence-electron chi connectivity index (χ1n) is 6.85. The number of rotatable bonds is 1. The molecule has 3 atom stereocenters. The molecule has 5 heteroatoms. The van der Waals surface area contributed by atoms with Gasteiger partial charge in [-0.2, -0.15) is 0 Å². The third-order valence-corrected chi connectivity index (χ3v) is 5.51. The second-order valence-corrected chi connectivity index (χ2v) is 6.68. The molecule has 1 spiro atoms. The van der Waals surface area contributed by atoms with Gasteiger partial charge in [-0.3, -0.25) is 4.79 Å². The van der Waals surface area contributed by atoms with Gasteiger partial charge in [-0.05, 0) is 31.4 Å². The fourth-order valence-corrected chi connectivity index (χ4v) is 4.51. The van der Waals surface area contributed by atoms with Crippen LogP contribution >= 0.6 is 23.2 Å². The van der Waals surface area contributed by atoms with E-state index in [-0.39, 0.29) is 11.7 Å². The Bertz CT molecular complexity index is 623. The molecule has 2 bridgehead atoms. The standard InChI is InChI=1S/C15H13Cl2NO2/c16-10-2-1-3-11(17)13(10)12-7-15(20-18-12)9-5-4-8(6-9)14(15)19/h1-3,8-9H,4-7H2/t8-,9+,15-/m0/s1. The van der Waals surface area contributed by atoms with Crippen LogP contribution in [0.3, 0.4) is 0 Å². The summed E-state index contributed by atoms with van der Waals surface area (Å²) in [5.41, 5.74) is 0.658. The first-order valence-corrected chi connectivity index (χ1v) is 7.61. The highest BCUT2D eigenvalue weighted by atomic mass is 35.5. The largest absolute Gasteiger partial charge is 0.380 e. The normalized spacial score (nSPS) is 34.7. The summed E-state index contributed by atoms with van der Waals surface area (Å²) in [5, 5.41) is 5.26. The van der Waals surface area contributed by atoms with E-state index in [4.69, 9.17) is 28.0 Å². The summed E-state index contributed by atoms with van der Waals surface area (Å²) in [6.45, 7) is 0. The summed E-state index contributed by atoms with van der Waals surface area (Å²) in [5.74, 6) is 0.675. The number of carbonyl (C=O) groups is 1. The van der Waals surface area contributed by atoms with E-state index in [9.17, 15) is 4.79 Å². The number of halogens is 2. The summed E-state index contributed by atoms with van der Waals surface area (Å²) in [6, 6.07) is 5.35. The van der Waals surface area contributed by atoms with Crippen LogP contribution in [0.25, 0.3) is 0 Å². The lowest BCUT2D eigenvalue weighted by atomic mass is 9.79. The summed E-state index contributed by atoms with van der Waals surface area (Å²) in [4.78, 5) is 18.1. The fourth-order valence-electron chi connectivity index (χ4n) is 3.90. The Balaban J connectivity index is 1.70. The van der Waals surface area contributed by atoms with Crippen LogP contribution in [0.15, 0.2) is 23.4 Å². The third kappa shape index (κ3) is 1.54. The minimum absolute atomic E-state index is 0.163. The van der Waals surface area contributed by atoms with Crippen LogP contribution in [0.5, 0.6) is 0 Å². The molecule has 2 aliphatic carbocycles. The Hall–Kier alpha value is -1.06. The average Bonchev–Trinajstić information content (AvgIpc) is 3.09. The zero-order chi connectivity index (χ0) is 13.9. The quantitative estimate of drug-likeness (QED) is 0.790. The van der Waals surface area contributed by atoms with Crippen molar-refractivity contribution in [3.05, 3.63) is 33.8 Å². The summed E-state index contributed by atoms with van der Waals surface area (Å²) in [6.07, 6.45) is 3.49. The van der Waals surface area contributed by atoms with E-state index in [1.807, 2.05) is 0 Å². The number of fused-ring (bicyclic) bond motifs is 3. The molecule has 1 aliphatic heterocycles. The second kappa shape index (κ2) is 4.22. The summed E-state index contributed by atoms with van der Waals surface area (Å²) >= 11 is 12.4. The number of oxime groups is 1. The second-order valence-electron chi connectivity index (χ2n) is 5.86. The van der Waals surface area contributed by atoms with Gasteiger partial charge in [0.25, 0.3) is 0 Å². The van der Waals surface area contributed by atoms with Crippen LogP contribution in [0.2, 0.25) is 10.0 Å². The van der Waals surface area contributed by atoms with Gasteiger partial charge in [0, 0.05) is 23.8 Å². The highest BCUT2D eigenvalue weighted by molar-refractivity contribution is 6.40. The number of carbonyl (C=O) groups excluding carboxylic acids is 1. The average molecular weight is 310 g/mol. The number of Topliss-reactive ketones (excluding diaryl/α,β-unsaturated/α-hetero) is 1. The topological polar surface area (TPSA) is 38.7 Å². The van der Waals surface area contributed by atoms with Crippen LogP contribution in [0, 0.1) is 11.8 Å². The first-order chi connectivity index (χ1) is 9.62. The molecule has 0 unspecified atom stereocenters. The number of hydrogen-bond acceptors (Lipinski definition) is 3. The lowest BCUT2D eigenvalue weighted by Crippen LogP contribution is -2.44. The molecular formula is C15H13Cl2NO2. The molecule has 1 aromatic carbocycles. The Morgan fingerprint density at radius 3 is 2.65 bits per heavy atom. The van der Waals surface area contributed by atoms with Crippen molar-refractivity contribution in [1.29, 1.82) is 0 Å². The molecule has 0 saturated heterocycles. The van der Waals surface area contributed by atoms with Crippen molar-refractivity contribution < 1.29 is 9.63 Å². The molecule has 0 amide bonds. The third-order valence-electron chi connectivity index (χ3n) is 4.88. The van der Waals surface area contributed by atoms with Gasteiger partial charge >= 0.3 is 0 Å². The molecule has 3 aliphatic rings. The molecule has 0 aromatic heterocycles. The highest BCUT2D eigenvalue weighted by Gasteiger charge is 2.62. The Labute approximate surface area is 126 Å². The Morgan fingerprint density at radius 1 is 1.25 bits per heavy atom. The van der Waals surface area contributed by atoms with Crippen molar-refractivity contribution in [2.45, 2.75) is 31.3 Å². The van der Waals surface area contributed by atoms with Crippen LogP contribution < -0.4 is 0 Å². The predicted molar refractivity (Wildman–Crippen MR) is 77.3 cm³/mol. The van der Waals surface area contributed by atoms with Gasteiger partial charge in [0.1, 0.15) is 0 Å². The molecule has 3 nitrogen and oxygen atoms in total. The van der Waals surface area contributed by atoms with Crippen LogP contribution in [0.1, 0.15) is 31.2 Å². The lowest BCUT2D eigenvalue weighted by molar-refractivity contribution is -0.147. The van der Waals surface area contributed by atoms with E-state index >= 15 is 0 Å². The maximum absolute atomic E-state index is 12.5. The van der Waals surface area contributed by atoms with E-state index in [0.717, 1.165) is 19.3 Å². The van der Waals surface area contributed by atoms with E-state index in [1.54, 1.807) is 18.2 Å². The van der Waals surface area contributed by atoms with Gasteiger partial charge in [-0.15, -0.1) is 0 Å². The summed E-state index contributed by atoms with van der Waals surface area (Å²) in [7, 11) is 0. The van der Waals surface area contributed by atoms with Gasteiger partial charge < -0.3 is 4.84 Å². The van der Waals surface area contributed by atoms with Crippen molar-refractivity contribution in [2.24, 2.45) is 17.0 Å². The fraction of sp³-hybridized carbons (Fsp3) is 0.467. The van der Waals surface area contributed by atoms with Gasteiger partial charge in [0.15, 0.2) is 5.78 Å². The molecule has 20 heavy (non-hydrogen) atoms. The number of ketones is 1. The number of nitrogens with zero attached hydrogens (tertiary/aromatic N) is 1. The van der Waals surface area contributed by atoms with Crippen LogP contribution in [-0.4, -0.2) is 17.1 Å². The summed E-state index contributed by atoms with van der Waals surface area (Å²) < 4.78 is 0. The van der Waals surface area contributed by atoms with E-state index in [2.05, 4.69) is 5.16 Å². The van der Waals surface area contributed by atoms with Crippen molar-refractivity contribution in [3.63, 3.8) is 0 Å². The molecule has 1 heterocycles. The SMILES string of the molecule is O=C1[C@H]2CC[C@H](C2)[C@@]12CC(c1c(Cl)cccc1Cl)=NO2. The van der Waals surface area contributed by atoms with Crippen molar-refractivity contribution in [2.75, 3.05) is 0 Å². The molecule has 4 rings (SSSR count). The maximum Gasteiger partial charge on any atom is 0.203 e. The molecular weight excluding hydrogens is 297 g/mol. The minimum atomic E-state index is -0.735. The van der Waals surface area contributed by atoms with Gasteiger partial charge in [-0.25, -0.2) is 0 Å². The minimum Gasteiger partial charge on any atom is -0.380 e. The zero-order valence-electron chi connectivity index (χ0n) is 10.7. The maximum atomic E-state index is 12.5. The Kier molecular flexibility index (Phi) is 2.67. The van der Waals surface area contributed by atoms with Crippen LogP contribution in [0.4, 0.5) is 0 Å². The Morgan fingerprint density at radius 2 is 2.00 bits per heavy atom. The molecule has 0 radical (unpaired) electrons. The smallest absolute Gasteiger partial charge is 0.203 e. The van der Waals surface area contributed by atoms with Gasteiger partial charge in [-0.1, -0.05) is 34.4 Å². The van der Waals surface area contributed by atoms with Crippen molar-refractivity contribution >= 4 is 34.7 Å². The number of hydrogen-bond donors (Lipinski definition) is 0. The molecule has 1 aromatic rings. The van der Waals surface area contributed by atoms with Crippen molar-refractivity contribution in [3.8, 4) is 0 Å². The molecule has 0 N–H and O–H groups in total. The van der Waals surface area contributed by atoms with Crippen LogP contribution in [-0.2, 0) is 9.63 Å². The van der Waals surface area contributed by atoms with E-state index in [0.29, 0.717) is 33.7 Å². The van der Waals surface area contributed by atoms with E-state index < -0.39 is 5.60 Å². The molecule has 2 saturated carbocycles. The van der Waals surface area contributed by atoms with E-state index in [1.165, 1.54) is 0 Å². The molecule has 2 fully saturated rings. The lowest BCUT2D eigenvalue weighted by Gasteiger charge is -2.29. The first kappa shape index (κ1) is 12.7. The van der Waals surface area contributed by atoms with Gasteiger partial charge in [0.2, 0.25) is 5.60 Å². The zero-order valence-corrected chi connectivity index (χ0v) is 12.2. The predicted octanol–water partition coefficient (Wildman–Crippen LogP) is 3.86. The van der Waals surface area contributed by atoms with Gasteiger partial charge in [0.05, 0.1) is 15.8 Å². The van der Waals surface area contributed by atoms with Crippen molar-refractivity contribution in [1.82, 2.24) is 0 Å². The molecule has 104 valence electrons. The highest BCUT2D eigenvalue weighted by Crippen LogP contribution is 2.54.